The van der Waals surface area contributed by atoms with Gasteiger partial charge in [0, 0.05) is 29.6 Å². The van der Waals surface area contributed by atoms with Crippen molar-refractivity contribution in [3.05, 3.63) is 42.2 Å². The monoisotopic (exact) mass is 287 g/mol. The highest BCUT2D eigenvalue weighted by Gasteiger charge is 2.08. The molecule has 1 amide bonds. The highest BCUT2D eigenvalue weighted by molar-refractivity contribution is 5.92. The molecular weight excluding hydrogens is 270 g/mol. The number of hydrogen-bond donors (Lipinski definition) is 2. The van der Waals surface area contributed by atoms with Gasteiger partial charge in [-0.2, -0.15) is 0 Å². The van der Waals surface area contributed by atoms with Crippen LogP contribution in [-0.2, 0) is 11.2 Å². The van der Waals surface area contributed by atoms with Gasteiger partial charge in [0.05, 0.1) is 32.5 Å². The summed E-state index contributed by atoms with van der Waals surface area (Å²) >= 11 is 0. The minimum Gasteiger partial charge on any atom is -0.497 e. The van der Waals surface area contributed by atoms with E-state index in [1.54, 1.807) is 44.6 Å². The summed E-state index contributed by atoms with van der Waals surface area (Å²) in [4.78, 5) is 16.1. The van der Waals surface area contributed by atoms with Gasteiger partial charge in [0.2, 0.25) is 5.91 Å². The van der Waals surface area contributed by atoms with Crippen LogP contribution < -0.4 is 20.5 Å². The zero-order valence-electron chi connectivity index (χ0n) is 11.9. The molecule has 0 saturated carbocycles. The molecule has 0 unspecified atom stereocenters. The summed E-state index contributed by atoms with van der Waals surface area (Å²) in [5.74, 6) is 1.04. The minimum absolute atomic E-state index is 0.166. The number of nitrogens with two attached hydrogens (primary N) is 1. The molecule has 6 nitrogen and oxygen atoms in total. The molecule has 0 atom stereocenters. The SMILES string of the molecule is COc1cc(NC(=O)Cc2ccc(N)cn2)cc(OC)c1. The maximum absolute atomic E-state index is 12.0. The third-order valence-corrected chi connectivity index (χ3v) is 2.82. The number of hydrogen-bond acceptors (Lipinski definition) is 5. The Balaban J connectivity index is 2.06. The standard InChI is InChI=1S/C15H17N3O3/c1-20-13-5-12(6-14(8-13)21-2)18-15(19)7-11-4-3-10(16)9-17-11/h3-6,8-9H,7,16H2,1-2H3,(H,18,19). The maximum atomic E-state index is 12.0. The van der Waals surface area contributed by atoms with Gasteiger partial charge >= 0.3 is 0 Å². The van der Waals surface area contributed by atoms with Crippen LogP contribution >= 0.6 is 0 Å². The Hall–Kier alpha value is -2.76. The number of rotatable bonds is 5. The van der Waals surface area contributed by atoms with Crippen molar-refractivity contribution in [2.24, 2.45) is 0 Å². The third-order valence-electron chi connectivity index (χ3n) is 2.82. The fraction of sp³-hybridized carbons (Fsp3) is 0.200. The first kappa shape index (κ1) is 14.6. The summed E-state index contributed by atoms with van der Waals surface area (Å²) in [6.07, 6.45) is 1.69. The van der Waals surface area contributed by atoms with Crippen LogP contribution in [0, 0.1) is 0 Å². The number of methoxy groups -OCH3 is 2. The van der Waals surface area contributed by atoms with Crippen molar-refractivity contribution in [2.45, 2.75) is 6.42 Å². The maximum Gasteiger partial charge on any atom is 0.230 e. The second-order valence-corrected chi connectivity index (χ2v) is 4.41. The molecule has 3 N–H and O–H groups in total. The van der Waals surface area contributed by atoms with E-state index in [2.05, 4.69) is 10.3 Å². The van der Waals surface area contributed by atoms with Gasteiger partial charge in [0.1, 0.15) is 11.5 Å². The summed E-state index contributed by atoms with van der Waals surface area (Å²) in [5, 5.41) is 2.78. The largest absolute Gasteiger partial charge is 0.497 e. The molecule has 0 fully saturated rings. The van der Waals surface area contributed by atoms with Gasteiger partial charge < -0.3 is 20.5 Å². The van der Waals surface area contributed by atoms with Crippen molar-refractivity contribution < 1.29 is 14.3 Å². The Labute approximate surface area is 122 Å². The van der Waals surface area contributed by atoms with E-state index in [0.717, 1.165) is 0 Å². The Bertz CT molecular complexity index is 604. The molecule has 0 bridgehead atoms. The Kier molecular flexibility index (Phi) is 4.61. The van der Waals surface area contributed by atoms with Crippen LogP contribution in [0.25, 0.3) is 0 Å². The molecule has 1 aromatic heterocycles. The number of pyridine rings is 1. The van der Waals surface area contributed by atoms with Crippen LogP contribution in [0.1, 0.15) is 5.69 Å². The molecule has 0 aliphatic carbocycles. The summed E-state index contributed by atoms with van der Waals surface area (Å²) in [5.41, 5.74) is 7.37. The van der Waals surface area contributed by atoms with Crippen LogP contribution in [0.4, 0.5) is 11.4 Å². The predicted molar refractivity (Wildman–Crippen MR) is 80.5 cm³/mol. The first-order valence-corrected chi connectivity index (χ1v) is 6.34. The fourth-order valence-electron chi connectivity index (χ4n) is 1.79. The lowest BCUT2D eigenvalue weighted by Gasteiger charge is -2.09. The Morgan fingerprint density at radius 2 is 1.86 bits per heavy atom. The van der Waals surface area contributed by atoms with E-state index in [-0.39, 0.29) is 12.3 Å². The third kappa shape index (κ3) is 4.10. The van der Waals surface area contributed by atoms with Crippen LogP contribution in [0.2, 0.25) is 0 Å². The van der Waals surface area contributed by atoms with Gasteiger partial charge in [-0.25, -0.2) is 0 Å². The van der Waals surface area contributed by atoms with Crippen LogP contribution in [0.15, 0.2) is 36.5 Å². The summed E-state index contributed by atoms with van der Waals surface area (Å²) in [6.45, 7) is 0. The van der Waals surface area contributed by atoms with E-state index < -0.39 is 0 Å². The van der Waals surface area contributed by atoms with Gasteiger partial charge in [-0.3, -0.25) is 9.78 Å². The predicted octanol–water partition coefficient (Wildman–Crippen LogP) is 1.86. The van der Waals surface area contributed by atoms with Crippen molar-refractivity contribution in [1.29, 1.82) is 0 Å². The molecule has 0 spiro atoms. The summed E-state index contributed by atoms with van der Waals surface area (Å²) < 4.78 is 10.3. The first-order valence-electron chi connectivity index (χ1n) is 6.34. The molecule has 0 aliphatic heterocycles. The van der Waals surface area contributed by atoms with Crippen molar-refractivity contribution in [1.82, 2.24) is 4.98 Å². The topological polar surface area (TPSA) is 86.5 Å². The number of nitrogens with zero attached hydrogens (tertiary/aromatic N) is 1. The molecule has 0 radical (unpaired) electrons. The molecule has 110 valence electrons. The van der Waals surface area contributed by atoms with E-state index >= 15 is 0 Å². The number of anilines is 2. The molecule has 0 saturated heterocycles. The number of carbonyl (C=O) groups is 1. The second-order valence-electron chi connectivity index (χ2n) is 4.41. The molecule has 21 heavy (non-hydrogen) atoms. The van der Waals surface area contributed by atoms with Gasteiger partial charge in [-0.15, -0.1) is 0 Å². The molecule has 2 aromatic rings. The van der Waals surface area contributed by atoms with Gasteiger partial charge in [-0.05, 0) is 12.1 Å². The van der Waals surface area contributed by atoms with E-state index in [9.17, 15) is 4.79 Å². The summed E-state index contributed by atoms with van der Waals surface area (Å²) in [6, 6.07) is 8.61. The fourth-order valence-corrected chi connectivity index (χ4v) is 1.79. The van der Waals surface area contributed by atoms with Crippen molar-refractivity contribution in [3.63, 3.8) is 0 Å². The lowest BCUT2D eigenvalue weighted by Crippen LogP contribution is -2.15. The van der Waals surface area contributed by atoms with Crippen LogP contribution in [-0.4, -0.2) is 25.1 Å². The smallest absolute Gasteiger partial charge is 0.230 e. The number of amides is 1. The molecule has 2 rings (SSSR count). The first-order chi connectivity index (χ1) is 10.1. The number of nitrogens with one attached hydrogen (secondary N) is 1. The normalized spacial score (nSPS) is 10.0. The molecule has 1 heterocycles. The quantitative estimate of drug-likeness (QED) is 0.876. The van der Waals surface area contributed by atoms with Gasteiger partial charge in [-0.1, -0.05) is 0 Å². The number of ether oxygens (including phenoxy) is 2. The van der Waals surface area contributed by atoms with Crippen molar-refractivity contribution in [3.8, 4) is 11.5 Å². The Morgan fingerprint density at radius 1 is 1.19 bits per heavy atom. The lowest BCUT2D eigenvalue weighted by molar-refractivity contribution is -0.115. The summed E-state index contributed by atoms with van der Waals surface area (Å²) in [7, 11) is 3.11. The van der Waals surface area contributed by atoms with E-state index in [1.165, 1.54) is 6.20 Å². The zero-order valence-corrected chi connectivity index (χ0v) is 11.9. The number of aromatic nitrogens is 1. The molecule has 6 heteroatoms. The van der Waals surface area contributed by atoms with E-state index in [0.29, 0.717) is 28.6 Å². The minimum atomic E-state index is -0.178. The molecule has 1 aromatic carbocycles. The van der Waals surface area contributed by atoms with Crippen LogP contribution in [0.5, 0.6) is 11.5 Å². The number of nitrogen functional groups attached to an aromatic ring is 1. The lowest BCUT2D eigenvalue weighted by atomic mass is 10.2. The number of benzene rings is 1. The highest BCUT2D eigenvalue weighted by atomic mass is 16.5. The van der Waals surface area contributed by atoms with Gasteiger partial charge in [0.25, 0.3) is 0 Å². The average Bonchev–Trinajstić information content (AvgIpc) is 2.49. The van der Waals surface area contributed by atoms with E-state index in [4.69, 9.17) is 15.2 Å². The van der Waals surface area contributed by atoms with E-state index in [1.807, 2.05) is 0 Å². The Morgan fingerprint density at radius 3 is 2.38 bits per heavy atom. The van der Waals surface area contributed by atoms with Crippen LogP contribution in [0.3, 0.4) is 0 Å². The van der Waals surface area contributed by atoms with Crippen molar-refractivity contribution >= 4 is 17.3 Å². The van der Waals surface area contributed by atoms with Gasteiger partial charge in [0.15, 0.2) is 0 Å². The molecule has 0 aliphatic rings. The van der Waals surface area contributed by atoms with Crippen molar-refractivity contribution in [2.75, 3.05) is 25.3 Å². The highest BCUT2D eigenvalue weighted by Crippen LogP contribution is 2.25. The second kappa shape index (κ2) is 6.60. The molecular formula is C15H17N3O3. The zero-order chi connectivity index (χ0) is 15.2. The number of carbonyl (C=O) groups excluding carboxylic acids is 1. The average molecular weight is 287 g/mol.